The Morgan fingerprint density at radius 2 is 1.62 bits per heavy atom. The fourth-order valence-electron chi connectivity index (χ4n) is 2.57. The molecule has 2 aromatic carbocycles. The number of methoxy groups -OCH3 is 1. The quantitative estimate of drug-likeness (QED) is 0.290. The van der Waals surface area contributed by atoms with Crippen molar-refractivity contribution in [2.45, 2.75) is 44.1 Å². The van der Waals surface area contributed by atoms with Crippen molar-refractivity contribution in [3.8, 4) is 5.75 Å². The summed E-state index contributed by atoms with van der Waals surface area (Å²) in [5.74, 6) is 0.507. The summed E-state index contributed by atoms with van der Waals surface area (Å²) in [6.07, 6.45) is 4.69. The zero-order chi connectivity index (χ0) is 18.8. The van der Waals surface area contributed by atoms with Crippen LogP contribution in [0.15, 0.2) is 48.5 Å². The lowest BCUT2D eigenvalue weighted by Crippen LogP contribution is -2.15. The fraction of sp³-hybridized carbons (Fsp3) is 0.381. The number of carbonyl (C=O) groups is 1. The SMILES string of the molecule is COC(=O)C(Cl)CCCCCc1ccc(OCc2ccc(Cl)cc2)cc1. The van der Waals surface area contributed by atoms with Crippen LogP contribution in [0.25, 0.3) is 0 Å². The second-order valence-electron chi connectivity index (χ2n) is 6.15. The van der Waals surface area contributed by atoms with E-state index in [1.165, 1.54) is 12.7 Å². The average Bonchev–Trinajstić information content (AvgIpc) is 2.67. The molecule has 0 aromatic heterocycles. The van der Waals surface area contributed by atoms with E-state index in [1.807, 2.05) is 36.4 Å². The largest absolute Gasteiger partial charge is 0.489 e. The lowest BCUT2D eigenvalue weighted by atomic mass is 10.1. The smallest absolute Gasteiger partial charge is 0.323 e. The van der Waals surface area contributed by atoms with Gasteiger partial charge >= 0.3 is 5.97 Å². The van der Waals surface area contributed by atoms with Gasteiger partial charge in [-0.25, -0.2) is 0 Å². The molecular weight excluding hydrogens is 371 g/mol. The molecule has 0 saturated carbocycles. The van der Waals surface area contributed by atoms with Crippen LogP contribution in [-0.2, 0) is 22.6 Å². The highest BCUT2D eigenvalue weighted by atomic mass is 35.5. The molecule has 0 radical (unpaired) electrons. The number of alkyl halides is 1. The number of hydrogen-bond donors (Lipinski definition) is 0. The van der Waals surface area contributed by atoms with E-state index in [0.717, 1.165) is 42.0 Å². The van der Waals surface area contributed by atoms with E-state index in [4.69, 9.17) is 27.9 Å². The van der Waals surface area contributed by atoms with Crippen molar-refractivity contribution in [3.63, 3.8) is 0 Å². The minimum absolute atomic E-state index is 0.346. The van der Waals surface area contributed by atoms with E-state index in [2.05, 4.69) is 16.9 Å². The molecule has 2 aromatic rings. The highest BCUT2D eigenvalue weighted by Gasteiger charge is 2.14. The van der Waals surface area contributed by atoms with Gasteiger partial charge in [0.2, 0.25) is 0 Å². The monoisotopic (exact) mass is 394 g/mol. The maximum Gasteiger partial charge on any atom is 0.323 e. The molecule has 0 spiro atoms. The van der Waals surface area contributed by atoms with Crippen LogP contribution in [0.5, 0.6) is 5.75 Å². The molecule has 0 fully saturated rings. The van der Waals surface area contributed by atoms with Gasteiger partial charge in [-0.2, -0.15) is 0 Å². The standard InChI is InChI=1S/C21H24Cl2O3/c1-25-21(24)20(23)6-4-2-3-5-16-9-13-19(14-10-16)26-15-17-7-11-18(22)12-8-17/h7-14,20H,2-6,15H2,1H3. The molecule has 0 saturated heterocycles. The summed E-state index contributed by atoms with van der Waals surface area (Å²) in [5, 5.41) is 0.196. The molecule has 0 amide bonds. The van der Waals surface area contributed by atoms with Crippen LogP contribution in [-0.4, -0.2) is 18.5 Å². The van der Waals surface area contributed by atoms with Crippen LogP contribution in [0.1, 0.15) is 36.8 Å². The topological polar surface area (TPSA) is 35.5 Å². The predicted molar refractivity (Wildman–Crippen MR) is 106 cm³/mol. The number of aryl methyl sites for hydroxylation is 1. The molecule has 0 heterocycles. The van der Waals surface area contributed by atoms with Crippen molar-refractivity contribution in [1.29, 1.82) is 0 Å². The molecular formula is C21H24Cl2O3. The normalized spacial score (nSPS) is 11.8. The van der Waals surface area contributed by atoms with Crippen molar-refractivity contribution < 1.29 is 14.3 Å². The van der Waals surface area contributed by atoms with Gasteiger partial charge in [-0.3, -0.25) is 4.79 Å². The summed E-state index contributed by atoms with van der Waals surface area (Å²) in [5.41, 5.74) is 2.36. The van der Waals surface area contributed by atoms with Crippen LogP contribution < -0.4 is 4.74 Å². The Morgan fingerprint density at radius 3 is 2.27 bits per heavy atom. The number of rotatable bonds is 10. The third-order valence-corrected chi connectivity index (χ3v) is 4.77. The minimum Gasteiger partial charge on any atom is -0.489 e. The van der Waals surface area contributed by atoms with Gasteiger partial charge in [0.15, 0.2) is 0 Å². The van der Waals surface area contributed by atoms with Gasteiger partial charge in [0, 0.05) is 5.02 Å². The number of benzene rings is 2. The Labute approximate surface area is 165 Å². The summed E-state index contributed by atoms with van der Waals surface area (Å²) in [4.78, 5) is 11.2. The van der Waals surface area contributed by atoms with Crippen molar-refractivity contribution in [1.82, 2.24) is 0 Å². The van der Waals surface area contributed by atoms with Gasteiger partial charge in [-0.1, -0.05) is 48.7 Å². The number of hydrogen-bond acceptors (Lipinski definition) is 3. The molecule has 0 bridgehead atoms. The van der Waals surface area contributed by atoms with Crippen LogP contribution in [0.4, 0.5) is 0 Å². The molecule has 3 nitrogen and oxygen atoms in total. The third-order valence-electron chi connectivity index (χ3n) is 4.12. The lowest BCUT2D eigenvalue weighted by Gasteiger charge is -2.08. The maximum absolute atomic E-state index is 11.2. The molecule has 26 heavy (non-hydrogen) atoms. The van der Waals surface area contributed by atoms with Gasteiger partial charge in [0.1, 0.15) is 17.7 Å². The first-order chi connectivity index (χ1) is 12.6. The highest BCUT2D eigenvalue weighted by Crippen LogP contribution is 2.18. The Kier molecular flexibility index (Phi) is 8.79. The molecule has 5 heteroatoms. The highest BCUT2D eigenvalue weighted by molar-refractivity contribution is 6.30. The summed E-state index contributed by atoms with van der Waals surface area (Å²) in [6.45, 7) is 0.524. The Bertz CT molecular complexity index is 669. The predicted octanol–water partition coefficient (Wildman–Crippen LogP) is 5.80. The number of ether oxygens (including phenoxy) is 2. The van der Waals surface area contributed by atoms with E-state index in [1.54, 1.807) is 0 Å². The minimum atomic E-state index is -0.530. The number of unbranched alkanes of at least 4 members (excludes halogenated alkanes) is 2. The molecule has 2 rings (SSSR count). The Morgan fingerprint density at radius 1 is 0.962 bits per heavy atom. The number of carbonyl (C=O) groups excluding carboxylic acids is 1. The molecule has 0 aliphatic rings. The summed E-state index contributed by atoms with van der Waals surface area (Å²) >= 11 is 11.8. The Balaban J connectivity index is 1.65. The van der Waals surface area contributed by atoms with Crippen LogP contribution in [0, 0.1) is 0 Å². The van der Waals surface area contributed by atoms with Crippen LogP contribution in [0.3, 0.4) is 0 Å². The summed E-state index contributed by atoms with van der Waals surface area (Å²) < 4.78 is 10.4. The van der Waals surface area contributed by atoms with E-state index in [9.17, 15) is 4.79 Å². The zero-order valence-corrected chi connectivity index (χ0v) is 16.4. The second kappa shape index (κ2) is 11.1. The van der Waals surface area contributed by atoms with E-state index in [-0.39, 0.29) is 5.97 Å². The molecule has 140 valence electrons. The lowest BCUT2D eigenvalue weighted by molar-refractivity contribution is -0.140. The van der Waals surface area contributed by atoms with Gasteiger partial charge in [-0.05, 0) is 54.7 Å². The van der Waals surface area contributed by atoms with Crippen LogP contribution in [0.2, 0.25) is 5.02 Å². The number of esters is 1. The van der Waals surface area contributed by atoms with E-state index in [0.29, 0.717) is 13.0 Å². The van der Waals surface area contributed by atoms with Crippen molar-refractivity contribution in [2.75, 3.05) is 7.11 Å². The third kappa shape index (κ3) is 7.27. The van der Waals surface area contributed by atoms with Gasteiger partial charge in [0.25, 0.3) is 0 Å². The first-order valence-electron chi connectivity index (χ1n) is 8.76. The van der Waals surface area contributed by atoms with Crippen molar-refractivity contribution >= 4 is 29.2 Å². The van der Waals surface area contributed by atoms with Crippen molar-refractivity contribution in [2.24, 2.45) is 0 Å². The molecule has 0 aliphatic carbocycles. The van der Waals surface area contributed by atoms with Crippen LogP contribution >= 0.6 is 23.2 Å². The fourth-order valence-corrected chi connectivity index (χ4v) is 2.94. The van der Waals surface area contributed by atoms with E-state index >= 15 is 0 Å². The average molecular weight is 395 g/mol. The maximum atomic E-state index is 11.2. The Hall–Kier alpha value is -1.71. The molecule has 1 unspecified atom stereocenters. The summed E-state index contributed by atoms with van der Waals surface area (Å²) in [6, 6.07) is 15.8. The number of halogens is 2. The first kappa shape index (κ1) is 20.6. The second-order valence-corrected chi connectivity index (χ2v) is 7.11. The van der Waals surface area contributed by atoms with E-state index < -0.39 is 5.38 Å². The van der Waals surface area contributed by atoms with Gasteiger partial charge < -0.3 is 9.47 Å². The van der Waals surface area contributed by atoms with Gasteiger partial charge in [-0.15, -0.1) is 11.6 Å². The zero-order valence-electron chi connectivity index (χ0n) is 14.9. The van der Waals surface area contributed by atoms with Crippen molar-refractivity contribution in [3.05, 3.63) is 64.7 Å². The van der Waals surface area contributed by atoms with Gasteiger partial charge in [0.05, 0.1) is 7.11 Å². The first-order valence-corrected chi connectivity index (χ1v) is 9.58. The molecule has 0 N–H and O–H groups in total. The molecule has 1 atom stereocenters. The molecule has 0 aliphatic heterocycles. The summed E-state index contributed by atoms with van der Waals surface area (Å²) in [7, 11) is 1.36.